The van der Waals surface area contributed by atoms with E-state index in [9.17, 15) is 29.1 Å². The average Bonchev–Trinajstić information content (AvgIpc) is 4.13. The third-order valence-corrected chi connectivity index (χ3v) is 10.4. The summed E-state index contributed by atoms with van der Waals surface area (Å²) in [6.07, 6.45) is 11.2. The fourth-order valence-electron chi connectivity index (χ4n) is 7.36. The second kappa shape index (κ2) is 20.5. The van der Waals surface area contributed by atoms with Gasteiger partial charge in [0, 0.05) is 49.9 Å². The van der Waals surface area contributed by atoms with E-state index in [2.05, 4.69) is 25.9 Å². The van der Waals surface area contributed by atoms with Crippen molar-refractivity contribution in [3.8, 4) is 11.5 Å². The molecular formula is C45H50N14O8. The number of nitrogens with one attached hydrogen (secondary N) is 2. The number of carboxylic acids is 1. The fraction of sp³-hybridized carbons (Fsp3) is 0.289. The minimum absolute atomic E-state index is 0.0271. The Morgan fingerprint density at radius 1 is 0.761 bits per heavy atom. The number of fused-ring (bicyclic) bond motifs is 2. The first-order chi connectivity index (χ1) is 32.3. The molecule has 3 amide bonds. The van der Waals surface area contributed by atoms with Crippen molar-refractivity contribution >= 4 is 69.6 Å². The Morgan fingerprint density at radius 3 is 1.85 bits per heavy atom. The Kier molecular flexibility index (Phi) is 14.2. The number of nitrogens with zero attached hydrogens (tertiary/aromatic N) is 10. The molecule has 0 unspecified atom stereocenters. The van der Waals surface area contributed by atoms with Crippen LogP contribution in [0.5, 0.6) is 11.5 Å². The molecule has 0 saturated heterocycles. The third kappa shape index (κ3) is 10.7. The lowest BCUT2D eigenvalue weighted by Gasteiger charge is -2.13. The number of allylic oxidation sites excluding steroid dienone is 3. The van der Waals surface area contributed by atoms with Gasteiger partial charge in [0.05, 0.1) is 47.5 Å². The van der Waals surface area contributed by atoms with Crippen LogP contribution < -0.4 is 31.6 Å². The largest absolute Gasteiger partial charge is 0.491 e. The van der Waals surface area contributed by atoms with Crippen LogP contribution in [0.2, 0.25) is 0 Å². The molecule has 2 aromatic carbocycles. The number of ether oxygens (including phenoxy) is 2. The van der Waals surface area contributed by atoms with Crippen LogP contribution >= 0.6 is 0 Å². The van der Waals surface area contributed by atoms with Gasteiger partial charge in [0.1, 0.15) is 46.8 Å². The van der Waals surface area contributed by atoms with Crippen LogP contribution in [0.25, 0.3) is 22.1 Å². The number of aromatic nitrogens is 10. The number of carbonyl (C=O) groups is 5. The number of hydrogen-bond donors (Lipinski definition) is 5. The maximum atomic E-state index is 13.9. The highest BCUT2D eigenvalue weighted by Crippen LogP contribution is 2.33. The molecule has 0 aliphatic carbocycles. The lowest BCUT2D eigenvalue weighted by molar-refractivity contribution is -0.137. The van der Waals surface area contributed by atoms with E-state index in [1.54, 1.807) is 85.8 Å². The van der Waals surface area contributed by atoms with Crippen LogP contribution in [0.3, 0.4) is 0 Å². The summed E-state index contributed by atoms with van der Waals surface area (Å²) in [7, 11) is 0. The summed E-state index contributed by atoms with van der Waals surface area (Å²) >= 11 is 0. The van der Waals surface area contributed by atoms with Gasteiger partial charge in [-0.15, -0.1) is 0 Å². The molecule has 0 bridgehead atoms. The van der Waals surface area contributed by atoms with Gasteiger partial charge in [0.25, 0.3) is 11.8 Å². The lowest BCUT2D eigenvalue weighted by atomic mass is 10.1. The number of benzene rings is 2. The van der Waals surface area contributed by atoms with Crippen molar-refractivity contribution in [1.82, 2.24) is 48.4 Å². The minimum atomic E-state index is -0.982. The number of rotatable bonds is 22. The number of carbonyl (C=O) groups excluding carboxylic acids is 4. The number of hydrogen-bond acceptors (Lipinski definition) is 13. The minimum Gasteiger partial charge on any atom is -0.491 e. The van der Waals surface area contributed by atoms with E-state index in [0.29, 0.717) is 76.5 Å². The highest BCUT2D eigenvalue weighted by atomic mass is 16.5. The molecule has 5 aromatic heterocycles. The third-order valence-electron chi connectivity index (χ3n) is 10.4. The molecule has 348 valence electrons. The van der Waals surface area contributed by atoms with Gasteiger partial charge in [-0.25, -0.2) is 9.97 Å². The highest BCUT2D eigenvalue weighted by molar-refractivity contribution is 6.05. The molecule has 0 aliphatic heterocycles. The van der Waals surface area contributed by atoms with E-state index in [1.807, 2.05) is 19.9 Å². The smallest absolute Gasteiger partial charge is 0.303 e. The molecule has 22 nitrogen and oxygen atoms in total. The zero-order valence-corrected chi connectivity index (χ0v) is 37.3. The van der Waals surface area contributed by atoms with E-state index in [4.69, 9.17) is 30.9 Å². The maximum Gasteiger partial charge on any atom is 0.303 e. The Hall–Kier alpha value is -8.56. The molecule has 7 aromatic rings. The van der Waals surface area contributed by atoms with Gasteiger partial charge < -0.3 is 35.2 Å². The topological polar surface area (TPSA) is 289 Å². The monoisotopic (exact) mass is 914 g/mol. The van der Waals surface area contributed by atoms with E-state index in [0.717, 1.165) is 0 Å². The van der Waals surface area contributed by atoms with Crippen LogP contribution in [0.15, 0.2) is 73.1 Å². The second-order valence-corrected chi connectivity index (χ2v) is 15.3. The summed E-state index contributed by atoms with van der Waals surface area (Å²) in [5.74, 6) is -1.87. The SMILES string of the molecule is CCn1nc(C)cc1C(=O)Nc1nc2cc(C(N)=O)cc(OC/C=C/Cn3cc(N)cn3)c2n1C/C=C/Cn1c(NC(=O)c2cc(C)nn2CC)nc2cc(C=O)cc(OCCCC(=O)O)c21. The Labute approximate surface area is 382 Å². The normalized spacial score (nSPS) is 11.6. The van der Waals surface area contributed by atoms with Gasteiger partial charge in [-0.2, -0.15) is 15.3 Å². The van der Waals surface area contributed by atoms with E-state index >= 15 is 0 Å². The summed E-state index contributed by atoms with van der Waals surface area (Å²) in [6.45, 7) is 8.91. The Balaban J connectivity index is 1.27. The lowest BCUT2D eigenvalue weighted by Crippen LogP contribution is -2.20. The van der Waals surface area contributed by atoms with E-state index < -0.39 is 23.7 Å². The summed E-state index contributed by atoms with van der Waals surface area (Å²) in [5, 5.41) is 28.0. The van der Waals surface area contributed by atoms with Gasteiger partial charge in [0.15, 0.2) is 0 Å². The number of imidazole rings is 2. The summed E-state index contributed by atoms with van der Waals surface area (Å²) in [5.41, 5.74) is 15.9. The van der Waals surface area contributed by atoms with E-state index in [1.165, 1.54) is 18.2 Å². The number of aldehydes is 1. The van der Waals surface area contributed by atoms with Gasteiger partial charge in [-0.3, -0.25) is 48.7 Å². The molecule has 0 fully saturated rings. The first-order valence-electron chi connectivity index (χ1n) is 21.4. The van der Waals surface area contributed by atoms with Crippen molar-refractivity contribution in [2.45, 2.75) is 73.3 Å². The highest BCUT2D eigenvalue weighted by Gasteiger charge is 2.23. The van der Waals surface area contributed by atoms with Crippen molar-refractivity contribution in [3.63, 3.8) is 0 Å². The first kappa shape index (κ1) is 46.4. The maximum absolute atomic E-state index is 13.9. The molecule has 0 spiro atoms. The van der Waals surface area contributed by atoms with Crippen LogP contribution in [0, 0.1) is 13.8 Å². The average molecular weight is 915 g/mol. The van der Waals surface area contributed by atoms with Crippen LogP contribution in [-0.4, -0.2) is 96.7 Å². The van der Waals surface area contributed by atoms with Crippen molar-refractivity contribution in [2.75, 3.05) is 29.6 Å². The number of aliphatic carboxylic acids is 1. The quantitative estimate of drug-likeness (QED) is 0.0348. The van der Waals surface area contributed by atoms with Gasteiger partial charge in [-0.1, -0.05) is 18.2 Å². The Bertz CT molecular complexity index is 3060. The van der Waals surface area contributed by atoms with Gasteiger partial charge in [0.2, 0.25) is 17.8 Å². The van der Waals surface area contributed by atoms with Crippen LogP contribution in [0.1, 0.15) is 79.8 Å². The predicted octanol–water partition coefficient (Wildman–Crippen LogP) is 4.77. The van der Waals surface area contributed by atoms with E-state index in [-0.39, 0.29) is 73.7 Å². The van der Waals surface area contributed by atoms with Crippen LogP contribution in [0.4, 0.5) is 17.6 Å². The van der Waals surface area contributed by atoms with Crippen LogP contribution in [-0.2, 0) is 37.5 Å². The zero-order chi connectivity index (χ0) is 47.8. The summed E-state index contributed by atoms with van der Waals surface area (Å²) < 4.78 is 20.5. The number of aryl methyl sites for hydroxylation is 4. The standard InChI is InChI=1S/C45H50N14O8/c1-5-58-34(18-27(3)53-58)42(64)51-44-49-32-20-29(26-60)21-36(67-17-11-12-38(61)62)39(32)56(44)14-7-8-15-57-40-33(50-45(57)52-43(65)35-19-28(4)54-59(35)6-2)22-30(41(47)63)23-37(40)66-16-10-9-13-55-25-31(46)24-48-55/h7-10,18-26H,5-6,11-17,46H2,1-4H3,(H2,47,63)(H,61,62)(H,49,51,64)(H,50,52,65)/b8-7+,10-9+. The second-order valence-electron chi connectivity index (χ2n) is 15.3. The molecule has 5 heterocycles. The number of primary amides is 1. The number of carboxylic acid groups (broad SMARTS) is 1. The molecular weight excluding hydrogens is 865 g/mol. The van der Waals surface area contributed by atoms with Gasteiger partial charge >= 0.3 is 5.97 Å². The summed E-state index contributed by atoms with van der Waals surface area (Å²) in [4.78, 5) is 73.0. The van der Waals surface area contributed by atoms with Crippen molar-refractivity contribution in [2.24, 2.45) is 5.73 Å². The molecule has 0 radical (unpaired) electrons. The number of nitrogen functional groups attached to an aromatic ring is 1. The predicted molar refractivity (Wildman–Crippen MR) is 247 cm³/mol. The summed E-state index contributed by atoms with van der Waals surface area (Å²) in [6, 6.07) is 9.45. The molecule has 0 saturated carbocycles. The fourth-order valence-corrected chi connectivity index (χ4v) is 7.36. The van der Waals surface area contributed by atoms with Crippen molar-refractivity contribution < 1.29 is 38.6 Å². The first-order valence-corrected chi connectivity index (χ1v) is 21.4. The molecule has 67 heavy (non-hydrogen) atoms. The molecule has 0 atom stereocenters. The van der Waals surface area contributed by atoms with Crippen molar-refractivity contribution in [1.29, 1.82) is 0 Å². The van der Waals surface area contributed by atoms with Crippen molar-refractivity contribution in [3.05, 3.63) is 107 Å². The number of amides is 3. The molecule has 7 rings (SSSR count). The van der Waals surface area contributed by atoms with Gasteiger partial charge in [-0.05, 0) is 76.6 Å². The number of anilines is 3. The molecule has 7 N–H and O–H groups in total. The molecule has 0 aliphatic rings. The molecule has 22 heteroatoms. The Morgan fingerprint density at radius 2 is 1.33 bits per heavy atom. The zero-order valence-electron chi connectivity index (χ0n) is 37.3. The number of nitrogens with two attached hydrogens (primary N) is 2.